The van der Waals surface area contributed by atoms with E-state index in [1.807, 2.05) is 20.8 Å². The summed E-state index contributed by atoms with van der Waals surface area (Å²) in [4.78, 5) is 11.9. The quantitative estimate of drug-likeness (QED) is 0.784. The van der Waals surface area contributed by atoms with Crippen molar-refractivity contribution in [2.75, 3.05) is 0 Å². The molecule has 1 amide bonds. The first-order valence-electron chi connectivity index (χ1n) is 8.99. The maximum atomic E-state index is 13.6. The van der Waals surface area contributed by atoms with Crippen LogP contribution >= 0.6 is 11.6 Å². The first-order chi connectivity index (χ1) is 12.7. The number of alkyl carbamates (subject to hydrolysis) is 1. The molecule has 0 radical (unpaired) electrons. The minimum atomic E-state index is -0.525. The third kappa shape index (κ3) is 5.19. The Morgan fingerprint density at radius 2 is 1.96 bits per heavy atom. The fourth-order valence-electron chi connectivity index (χ4n) is 3.10. The van der Waals surface area contributed by atoms with Gasteiger partial charge in [-0.2, -0.15) is 0 Å². The van der Waals surface area contributed by atoms with Gasteiger partial charge in [0.2, 0.25) is 11.8 Å². The van der Waals surface area contributed by atoms with Gasteiger partial charge in [0, 0.05) is 17.5 Å². The molecular weight excluding hydrogens is 373 g/mol. The SMILES string of the molecule is CC(C)(C)OC(=O)NC1CCC(c2nnc(-c3ccc(Cl)c(F)c3)o2)CC1. The zero-order valence-corrected chi connectivity index (χ0v) is 16.3. The van der Waals surface area contributed by atoms with E-state index in [4.69, 9.17) is 20.8 Å². The average molecular weight is 396 g/mol. The molecule has 1 saturated carbocycles. The van der Waals surface area contributed by atoms with Crippen LogP contribution in [-0.2, 0) is 4.74 Å². The van der Waals surface area contributed by atoms with E-state index in [1.165, 1.54) is 12.1 Å². The number of hydrogen-bond acceptors (Lipinski definition) is 5. The van der Waals surface area contributed by atoms with Crippen molar-refractivity contribution in [3.8, 4) is 11.5 Å². The molecule has 1 fully saturated rings. The molecule has 3 rings (SSSR count). The van der Waals surface area contributed by atoms with Gasteiger partial charge < -0.3 is 14.5 Å². The molecule has 1 aliphatic carbocycles. The molecule has 1 aromatic heterocycles. The van der Waals surface area contributed by atoms with Crippen LogP contribution in [0, 0.1) is 5.82 Å². The van der Waals surface area contributed by atoms with Crippen molar-refractivity contribution in [3.63, 3.8) is 0 Å². The Balaban J connectivity index is 1.56. The Labute approximate surface area is 162 Å². The van der Waals surface area contributed by atoms with Crippen LogP contribution in [0.1, 0.15) is 58.3 Å². The molecule has 0 unspecified atom stereocenters. The van der Waals surface area contributed by atoms with Crippen molar-refractivity contribution >= 4 is 17.7 Å². The van der Waals surface area contributed by atoms with Gasteiger partial charge in [-0.15, -0.1) is 10.2 Å². The maximum Gasteiger partial charge on any atom is 0.407 e. The Hall–Kier alpha value is -2.15. The van der Waals surface area contributed by atoms with Crippen LogP contribution in [-0.4, -0.2) is 27.9 Å². The van der Waals surface area contributed by atoms with Gasteiger partial charge in [0.05, 0.1) is 5.02 Å². The first kappa shape index (κ1) is 19.6. The number of carbonyl (C=O) groups is 1. The lowest BCUT2D eigenvalue weighted by molar-refractivity contribution is 0.0490. The largest absolute Gasteiger partial charge is 0.444 e. The van der Waals surface area contributed by atoms with E-state index in [0.717, 1.165) is 25.7 Å². The summed E-state index contributed by atoms with van der Waals surface area (Å²) in [6.07, 6.45) is 2.85. The molecule has 6 nitrogen and oxygen atoms in total. The van der Waals surface area contributed by atoms with Crippen LogP contribution in [0.3, 0.4) is 0 Å². The standard InChI is InChI=1S/C19H23ClFN3O3/c1-19(2,3)27-18(25)22-13-7-4-11(5-8-13)16-23-24-17(26-16)12-6-9-14(20)15(21)10-12/h6,9-11,13H,4-5,7-8H2,1-3H3,(H,22,25). The summed E-state index contributed by atoms with van der Waals surface area (Å²) in [5.74, 6) is 0.411. The number of halogens is 2. The van der Waals surface area contributed by atoms with Crippen molar-refractivity contribution in [2.45, 2.75) is 64.0 Å². The summed E-state index contributed by atoms with van der Waals surface area (Å²) < 4.78 is 24.6. The molecule has 27 heavy (non-hydrogen) atoms. The van der Waals surface area contributed by atoms with Gasteiger partial charge in [-0.05, 0) is 64.7 Å². The number of benzene rings is 1. The zero-order chi connectivity index (χ0) is 19.6. The van der Waals surface area contributed by atoms with Gasteiger partial charge in [0.1, 0.15) is 11.4 Å². The van der Waals surface area contributed by atoms with Crippen molar-refractivity contribution in [2.24, 2.45) is 0 Å². The first-order valence-corrected chi connectivity index (χ1v) is 9.37. The van der Waals surface area contributed by atoms with Crippen LogP contribution in [0.25, 0.3) is 11.5 Å². The molecule has 2 aromatic rings. The van der Waals surface area contributed by atoms with Crippen molar-refractivity contribution in [1.82, 2.24) is 15.5 Å². The summed E-state index contributed by atoms with van der Waals surface area (Å²) in [6.45, 7) is 5.51. The molecule has 8 heteroatoms. The summed E-state index contributed by atoms with van der Waals surface area (Å²) in [6, 6.07) is 4.46. The summed E-state index contributed by atoms with van der Waals surface area (Å²) in [5, 5.41) is 11.1. The molecule has 0 saturated heterocycles. The molecule has 0 bridgehead atoms. The van der Waals surface area contributed by atoms with Gasteiger partial charge in [0.25, 0.3) is 0 Å². The van der Waals surface area contributed by atoms with E-state index in [-0.39, 0.29) is 22.9 Å². The zero-order valence-electron chi connectivity index (χ0n) is 15.6. The summed E-state index contributed by atoms with van der Waals surface area (Å²) in [5.41, 5.74) is -0.0151. The number of nitrogens with one attached hydrogen (secondary N) is 1. The van der Waals surface area contributed by atoms with E-state index in [9.17, 15) is 9.18 Å². The highest BCUT2D eigenvalue weighted by molar-refractivity contribution is 6.30. The van der Waals surface area contributed by atoms with Gasteiger partial charge in [-0.3, -0.25) is 0 Å². The molecule has 0 atom stereocenters. The fraction of sp³-hybridized carbons (Fsp3) is 0.526. The van der Waals surface area contributed by atoms with Gasteiger partial charge in [0.15, 0.2) is 0 Å². The van der Waals surface area contributed by atoms with Crippen LogP contribution in [0.4, 0.5) is 9.18 Å². The molecule has 1 aliphatic rings. The van der Waals surface area contributed by atoms with Crippen molar-refractivity contribution in [3.05, 3.63) is 34.9 Å². The highest BCUT2D eigenvalue weighted by Crippen LogP contribution is 2.34. The monoisotopic (exact) mass is 395 g/mol. The van der Waals surface area contributed by atoms with Crippen molar-refractivity contribution in [1.29, 1.82) is 0 Å². The van der Waals surface area contributed by atoms with Gasteiger partial charge in [-0.25, -0.2) is 9.18 Å². The Morgan fingerprint density at radius 1 is 1.26 bits per heavy atom. The molecule has 1 heterocycles. The van der Waals surface area contributed by atoms with Crippen LogP contribution in [0.5, 0.6) is 0 Å². The van der Waals surface area contributed by atoms with E-state index in [1.54, 1.807) is 6.07 Å². The normalized spacial score (nSPS) is 20.3. The second-order valence-electron chi connectivity index (χ2n) is 7.77. The number of ether oxygens (including phenoxy) is 1. The number of hydrogen-bond donors (Lipinski definition) is 1. The number of rotatable bonds is 3. The summed E-state index contributed by atoms with van der Waals surface area (Å²) >= 11 is 5.70. The molecule has 0 aliphatic heterocycles. The Morgan fingerprint density at radius 3 is 2.59 bits per heavy atom. The van der Waals surface area contributed by atoms with Gasteiger partial charge >= 0.3 is 6.09 Å². The Bertz CT molecular complexity index is 811. The minimum Gasteiger partial charge on any atom is -0.444 e. The predicted octanol–water partition coefficient (Wildman–Crippen LogP) is 5.08. The van der Waals surface area contributed by atoms with Crippen LogP contribution in [0.15, 0.2) is 22.6 Å². The number of nitrogens with zero attached hydrogens (tertiary/aromatic N) is 2. The number of carbonyl (C=O) groups excluding carboxylic acids is 1. The third-order valence-corrected chi connectivity index (χ3v) is 4.71. The topological polar surface area (TPSA) is 77.2 Å². The van der Waals surface area contributed by atoms with E-state index < -0.39 is 17.5 Å². The van der Waals surface area contributed by atoms with E-state index in [0.29, 0.717) is 11.5 Å². The van der Waals surface area contributed by atoms with Crippen molar-refractivity contribution < 1.29 is 18.3 Å². The maximum absolute atomic E-state index is 13.6. The van der Waals surface area contributed by atoms with Crippen LogP contribution < -0.4 is 5.32 Å². The number of amides is 1. The highest BCUT2D eigenvalue weighted by Gasteiger charge is 2.28. The molecule has 1 N–H and O–H groups in total. The second-order valence-corrected chi connectivity index (χ2v) is 8.18. The molecule has 0 spiro atoms. The predicted molar refractivity (Wildman–Crippen MR) is 99.1 cm³/mol. The highest BCUT2D eigenvalue weighted by atomic mass is 35.5. The summed E-state index contributed by atoms with van der Waals surface area (Å²) in [7, 11) is 0. The minimum absolute atomic E-state index is 0.0503. The molecule has 146 valence electrons. The fourth-order valence-corrected chi connectivity index (χ4v) is 3.22. The Kier molecular flexibility index (Phi) is 5.69. The molecule has 1 aromatic carbocycles. The smallest absolute Gasteiger partial charge is 0.407 e. The van der Waals surface area contributed by atoms with E-state index in [2.05, 4.69) is 15.5 Å². The van der Waals surface area contributed by atoms with Crippen LogP contribution in [0.2, 0.25) is 5.02 Å². The van der Waals surface area contributed by atoms with Gasteiger partial charge in [-0.1, -0.05) is 11.6 Å². The number of aromatic nitrogens is 2. The third-order valence-electron chi connectivity index (χ3n) is 4.40. The molecular formula is C19H23ClFN3O3. The van der Waals surface area contributed by atoms with E-state index >= 15 is 0 Å². The lowest BCUT2D eigenvalue weighted by atomic mass is 9.86. The average Bonchev–Trinajstić information content (AvgIpc) is 3.06. The second kappa shape index (κ2) is 7.84. The lowest BCUT2D eigenvalue weighted by Crippen LogP contribution is -2.40. The lowest BCUT2D eigenvalue weighted by Gasteiger charge is -2.28.